The summed E-state index contributed by atoms with van der Waals surface area (Å²) in [5.74, 6) is 0.0389. The molecule has 2 aliphatic rings. The summed E-state index contributed by atoms with van der Waals surface area (Å²) in [4.78, 5) is 26.8. The topological polar surface area (TPSA) is 72.9 Å². The number of amides is 1. The van der Waals surface area contributed by atoms with E-state index in [9.17, 15) is 9.59 Å². The van der Waals surface area contributed by atoms with Crippen molar-refractivity contribution in [1.82, 2.24) is 15.1 Å². The Labute approximate surface area is 126 Å². The molecule has 0 aromatic carbocycles. The minimum absolute atomic E-state index is 0.0972. The summed E-state index contributed by atoms with van der Waals surface area (Å²) in [5, 5.41) is 11.9. The third-order valence-corrected chi connectivity index (χ3v) is 4.49. The lowest BCUT2D eigenvalue weighted by molar-refractivity contribution is -0.139. The summed E-state index contributed by atoms with van der Waals surface area (Å²) >= 11 is 0. The van der Waals surface area contributed by atoms with Crippen molar-refractivity contribution < 1.29 is 14.7 Å². The van der Waals surface area contributed by atoms with E-state index in [0.29, 0.717) is 18.5 Å². The number of rotatable bonds is 5. The molecule has 1 aliphatic carbocycles. The predicted octanol–water partition coefficient (Wildman–Crippen LogP) is 0.384. The van der Waals surface area contributed by atoms with E-state index in [1.165, 1.54) is 12.8 Å². The highest BCUT2D eigenvalue weighted by molar-refractivity contribution is 5.78. The second kappa shape index (κ2) is 7.75. The minimum atomic E-state index is -0.785. The largest absolute Gasteiger partial charge is 0.480 e. The Kier molecular flexibility index (Phi) is 5.99. The fourth-order valence-electron chi connectivity index (χ4n) is 3.34. The van der Waals surface area contributed by atoms with Gasteiger partial charge in [-0.05, 0) is 18.8 Å². The second-order valence-electron chi connectivity index (χ2n) is 6.48. The van der Waals surface area contributed by atoms with E-state index in [2.05, 4.69) is 17.1 Å². The molecule has 6 heteroatoms. The third-order valence-electron chi connectivity index (χ3n) is 4.49. The number of hydrogen-bond donors (Lipinski definition) is 2. The first-order valence-electron chi connectivity index (χ1n) is 7.99. The molecule has 0 spiro atoms. The van der Waals surface area contributed by atoms with Gasteiger partial charge in [-0.3, -0.25) is 19.4 Å². The Morgan fingerprint density at radius 1 is 1.10 bits per heavy atom. The molecule has 0 radical (unpaired) electrons. The van der Waals surface area contributed by atoms with E-state index in [0.717, 1.165) is 39.0 Å². The molecule has 1 heterocycles. The Morgan fingerprint density at radius 3 is 2.29 bits per heavy atom. The molecule has 1 amide bonds. The second-order valence-corrected chi connectivity index (χ2v) is 6.48. The van der Waals surface area contributed by atoms with E-state index >= 15 is 0 Å². The molecule has 1 aliphatic heterocycles. The van der Waals surface area contributed by atoms with Crippen LogP contribution in [0.3, 0.4) is 0 Å². The van der Waals surface area contributed by atoms with Gasteiger partial charge >= 0.3 is 5.97 Å². The lowest BCUT2D eigenvalue weighted by Crippen LogP contribution is -2.51. The zero-order chi connectivity index (χ0) is 15.2. The Hall–Kier alpha value is -1.14. The highest BCUT2D eigenvalue weighted by Crippen LogP contribution is 2.23. The molecule has 2 rings (SSSR count). The standard InChI is InChI=1S/C15H27N3O3/c1-12-3-2-4-13(9-12)16-14(19)10-17-5-7-18(8-6-17)11-15(20)21/h12-13H,2-11H2,1H3,(H,16,19)(H,20,21). The molecule has 0 aromatic heterocycles. The Bertz CT molecular complexity index is 367. The van der Waals surface area contributed by atoms with E-state index in [4.69, 9.17) is 5.11 Å². The first-order valence-corrected chi connectivity index (χ1v) is 7.99. The van der Waals surface area contributed by atoms with Crippen LogP contribution in [0, 0.1) is 5.92 Å². The molecule has 120 valence electrons. The zero-order valence-corrected chi connectivity index (χ0v) is 12.9. The fourth-order valence-corrected chi connectivity index (χ4v) is 3.34. The van der Waals surface area contributed by atoms with Gasteiger partial charge in [0.2, 0.25) is 5.91 Å². The normalized spacial score (nSPS) is 28.2. The molecule has 21 heavy (non-hydrogen) atoms. The van der Waals surface area contributed by atoms with E-state index in [-0.39, 0.29) is 12.5 Å². The smallest absolute Gasteiger partial charge is 0.317 e. The number of aliphatic carboxylic acids is 1. The maximum atomic E-state index is 12.1. The molecule has 6 nitrogen and oxygen atoms in total. The van der Waals surface area contributed by atoms with Crippen molar-refractivity contribution in [3.8, 4) is 0 Å². The highest BCUT2D eigenvalue weighted by atomic mass is 16.4. The Balaban J connectivity index is 1.66. The maximum Gasteiger partial charge on any atom is 0.317 e. The Morgan fingerprint density at radius 2 is 1.71 bits per heavy atom. The number of piperazine rings is 1. The summed E-state index contributed by atoms with van der Waals surface area (Å²) in [6.45, 7) is 5.76. The van der Waals surface area contributed by atoms with Gasteiger partial charge in [0.1, 0.15) is 0 Å². The van der Waals surface area contributed by atoms with Crippen LogP contribution in [-0.2, 0) is 9.59 Å². The summed E-state index contributed by atoms with van der Waals surface area (Å²) in [6, 6.07) is 0.342. The number of carbonyl (C=O) groups is 2. The van der Waals surface area contributed by atoms with E-state index < -0.39 is 5.97 Å². The molecule has 1 saturated carbocycles. The van der Waals surface area contributed by atoms with Crippen molar-refractivity contribution in [1.29, 1.82) is 0 Å². The lowest BCUT2D eigenvalue weighted by atomic mass is 9.87. The SMILES string of the molecule is CC1CCCC(NC(=O)CN2CCN(CC(=O)O)CC2)C1. The number of carboxylic acids is 1. The number of nitrogens with one attached hydrogen (secondary N) is 1. The van der Waals surface area contributed by atoms with Crippen molar-refractivity contribution in [3.63, 3.8) is 0 Å². The predicted molar refractivity (Wildman–Crippen MR) is 80.1 cm³/mol. The molecule has 2 atom stereocenters. The quantitative estimate of drug-likeness (QED) is 0.768. The van der Waals surface area contributed by atoms with Crippen LogP contribution >= 0.6 is 0 Å². The van der Waals surface area contributed by atoms with Crippen LogP contribution in [0.5, 0.6) is 0 Å². The zero-order valence-electron chi connectivity index (χ0n) is 12.9. The van der Waals surface area contributed by atoms with Crippen molar-refractivity contribution in [2.24, 2.45) is 5.92 Å². The van der Waals surface area contributed by atoms with Gasteiger partial charge in [0.05, 0.1) is 13.1 Å². The minimum Gasteiger partial charge on any atom is -0.480 e. The van der Waals surface area contributed by atoms with Crippen LogP contribution in [-0.4, -0.2) is 72.1 Å². The van der Waals surface area contributed by atoms with Gasteiger partial charge in [-0.1, -0.05) is 19.8 Å². The van der Waals surface area contributed by atoms with Crippen LogP contribution in [0.2, 0.25) is 0 Å². The molecule has 2 N–H and O–H groups in total. The van der Waals surface area contributed by atoms with Crippen molar-refractivity contribution >= 4 is 11.9 Å². The van der Waals surface area contributed by atoms with Crippen molar-refractivity contribution in [2.45, 2.75) is 38.6 Å². The number of carbonyl (C=O) groups excluding carboxylic acids is 1. The van der Waals surface area contributed by atoms with Gasteiger partial charge in [-0.25, -0.2) is 0 Å². The number of nitrogens with zero attached hydrogens (tertiary/aromatic N) is 2. The molecular weight excluding hydrogens is 270 g/mol. The van der Waals surface area contributed by atoms with Crippen LogP contribution in [0.25, 0.3) is 0 Å². The maximum absolute atomic E-state index is 12.1. The van der Waals surface area contributed by atoms with Crippen LogP contribution < -0.4 is 5.32 Å². The summed E-state index contributed by atoms with van der Waals surface area (Å²) in [6.07, 6.45) is 4.68. The van der Waals surface area contributed by atoms with Crippen LogP contribution in [0.1, 0.15) is 32.6 Å². The van der Waals surface area contributed by atoms with Crippen molar-refractivity contribution in [3.05, 3.63) is 0 Å². The number of hydrogen-bond acceptors (Lipinski definition) is 4. The summed E-state index contributed by atoms with van der Waals surface area (Å²) < 4.78 is 0. The first kappa shape index (κ1) is 16.2. The van der Waals surface area contributed by atoms with Crippen molar-refractivity contribution in [2.75, 3.05) is 39.3 Å². The molecular formula is C15H27N3O3. The summed E-state index contributed by atoms with van der Waals surface area (Å²) in [7, 11) is 0. The van der Waals surface area contributed by atoms with Gasteiger partial charge in [0.15, 0.2) is 0 Å². The average molecular weight is 297 g/mol. The van der Waals surface area contributed by atoms with Gasteiger partial charge in [-0.15, -0.1) is 0 Å². The lowest BCUT2D eigenvalue weighted by Gasteiger charge is -2.34. The molecule has 0 bridgehead atoms. The van der Waals surface area contributed by atoms with Gasteiger partial charge < -0.3 is 10.4 Å². The monoisotopic (exact) mass is 297 g/mol. The van der Waals surface area contributed by atoms with Crippen LogP contribution in [0.4, 0.5) is 0 Å². The van der Waals surface area contributed by atoms with E-state index in [1.807, 2.05) is 4.90 Å². The van der Waals surface area contributed by atoms with Crippen LogP contribution in [0.15, 0.2) is 0 Å². The molecule has 2 unspecified atom stereocenters. The molecule has 1 saturated heterocycles. The van der Waals surface area contributed by atoms with Gasteiger partial charge in [0.25, 0.3) is 0 Å². The number of carboxylic acid groups (broad SMARTS) is 1. The average Bonchev–Trinajstić information content (AvgIpc) is 2.40. The fraction of sp³-hybridized carbons (Fsp3) is 0.867. The van der Waals surface area contributed by atoms with Gasteiger partial charge in [0, 0.05) is 32.2 Å². The van der Waals surface area contributed by atoms with E-state index in [1.54, 1.807) is 0 Å². The molecule has 0 aromatic rings. The highest BCUT2D eigenvalue weighted by Gasteiger charge is 2.23. The summed E-state index contributed by atoms with van der Waals surface area (Å²) in [5.41, 5.74) is 0. The first-order chi connectivity index (χ1) is 10.0. The van der Waals surface area contributed by atoms with Gasteiger partial charge in [-0.2, -0.15) is 0 Å². The molecule has 2 fully saturated rings. The third kappa shape index (κ3) is 5.63.